The van der Waals surface area contributed by atoms with Gasteiger partial charge in [-0.1, -0.05) is 30.3 Å². The van der Waals surface area contributed by atoms with Crippen LogP contribution in [0.4, 0.5) is 22.0 Å². The van der Waals surface area contributed by atoms with Crippen molar-refractivity contribution < 1.29 is 14.3 Å². The number of aromatic nitrogens is 2. The number of benzene rings is 3. The number of nitrogens with one attached hydrogen (secondary N) is 2. The second-order valence-corrected chi connectivity index (χ2v) is 6.70. The number of amides is 1. The first-order valence-corrected chi connectivity index (χ1v) is 9.27. The van der Waals surface area contributed by atoms with Crippen LogP contribution in [0.3, 0.4) is 0 Å². The Morgan fingerprint density at radius 3 is 2.47 bits per heavy atom. The van der Waals surface area contributed by atoms with Crippen molar-refractivity contribution >= 4 is 45.2 Å². The molecule has 0 radical (unpaired) electrons. The molecule has 0 aliphatic rings. The summed E-state index contributed by atoms with van der Waals surface area (Å²) in [4.78, 5) is 19.4. The van der Waals surface area contributed by atoms with Crippen molar-refractivity contribution in [1.82, 2.24) is 9.97 Å². The number of carbonyl (C=O) groups is 1. The normalized spacial score (nSPS) is 10.9. The van der Waals surface area contributed by atoms with Gasteiger partial charge in [-0.3, -0.25) is 5.32 Å². The van der Waals surface area contributed by atoms with E-state index in [0.29, 0.717) is 11.5 Å². The number of anilines is 3. The summed E-state index contributed by atoms with van der Waals surface area (Å²) < 4.78 is 6.11. The van der Waals surface area contributed by atoms with E-state index in [-0.39, 0.29) is 0 Å². The Hall–Kier alpha value is -4.39. The van der Waals surface area contributed by atoms with Crippen LogP contribution >= 0.6 is 0 Å². The quantitative estimate of drug-likeness (QED) is 0.351. The molecule has 3 N–H and O–H groups in total. The summed E-state index contributed by atoms with van der Waals surface area (Å²) in [5.74, 6) is 0.618. The number of para-hydroxylation sites is 2. The lowest BCUT2D eigenvalue weighted by Crippen LogP contribution is -2.06. The van der Waals surface area contributed by atoms with Crippen LogP contribution in [0.5, 0.6) is 0 Å². The van der Waals surface area contributed by atoms with Gasteiger partial charge in [0.25, 0.3) is 0 Å². The Morgan fingerprint density at radius 2 is 1.63 bits per heavy atom. The molecule has 5 rings (SSSR count). The van der Waals surface area contributed by atoms with Gasteiger partial charge in [0.05, 0.1) is 5.69 Å². The van der Waals surface area contributed by atoms with E-state index in [1.54, 1.807) is 24.3 Å². The average molecular weight is 396 g/mol. The number of rotatable bonds is 4. The van der Waals surface area contributed by atoms with Gasteiger partial charge in [-0.25, -0.2) is 14.8 Å². The van der Waals surface area contributed by atoms with Crippen molar-refractivity contribution in [1.29, 1.82) is 0 Å². The van der Waals surface area contributed by atoms with E-state index in [0.717, 1.165) is 38.9 Å². The van der Waals surface area contributed by atoms with Crippen molar-refractivity contribution in [3.05, 3.63) is 79.1 Å². The Bertz CT molecular complexity index is 1380. The lowest BCUT2D eigenvalue weighted by molar-refractivity contribution is 0.210. The van der Waals surface area contributed by atoms with Crippen molar-refractivity contribution in [2.75, 3.05) is 10.6 Å². The lowest BCUT2D eigenvalue weighted by atomic mass is 10.1. The largest absolute Gasteiger partial charge is 0.465 e. The highest BCUT2D eigenvalue weighted by Gasteiger charge is 2.13. The number of carboxylic acid groups (broad SMARTS) is 1. The maximum Gasteiger partial charge on any atom is 0.409 e. The van der Waals surface area contributed by atoms with Gasteiger partial charge in [0.1, 0.15) is 23.3 Å². The van der Waals surface area contributed by atoms with Crippen LogP contribution in [0.25, 0.3) is 33.2 Å². The third kappa shape index (κ3) is 3.29. The number of fused-ring (bicyclic) bond motifs is 3. The van der Waals surface area contributed by atoms with Crippen LogP contribution in [-0.4, -0.2) is 21.2 Å². The topological polar surface area (TPSA) is 100 Å². The van der Waals surface area contributed by atoms with Gasteiger partial charge in [0.15, 0.2) is 0 Å². The molecule has 0 fully saturated rings. The molecule has 0 atom stereocenters. The SMILES string of the molecule is O=C(O)Nc1ccc(Nc2cc(-c3cccc4c3oc3ccccc34)ncn2)cc1. The zero-order chi connectivity index (χ0) is 20.5. The van der Waals surface area contributed by atoms with Crippen LogP contribution in [0.2, 0.25) is 0 Å². The van der Waals surface area contributed by atoms with Crippen LogP contribution in [0, 0.1) is 0 Å². The maximum atomic E-state index is 10.7. The van der Waals surface area contributed by atoms with Gasteiger partial charge in [-0.2, -0.15) is 0 Å². The third-order valence-electron chi connectivity index (χ3n) is 4.76. The molecule has 0 spiro atoms. The minimum absolute atomic E-state index is 0.494. The summed E-state index contributed by atoms with van der Waals surface area (Å²) in [5.41, 5.74) is 4.51. The summed E-state index contributed by atoms with van der Waals surface area (Å²) in [6.45, 7) is 0. The van der Waals surface area contributed by atoms with Crippen molar-refractivity contribution in [3.8, 4) is 11.3 Å². The van der Waals surface area contributed by atoms with E-state index in [1.165, 1.54) is 6.33 Å². The predicted octanol–water partition coefficient (Wildman–Crippen LogP) is 5.88. The Balaban J connectivity index is 1.49. The first kappa shape index (κ1) is 17.7. The van der Waals surface area contributed by atoms with Gasteiger partial charge in [0, 0.05) is 33.8 Å². The highest BCUT2D eigenvalue weighted by atomic mass is 16.4. The lowest BCUT2D eigenvalue weighted by Gasteiger charge is -2.08. The van der Waals surface area contributed by atoms with E-state index in [2.05, 4.69) is 20.6 Å². The van der Waals surface area contributed by atoms with Crippen LogP contribution in [0.15, 0.2) is 83.5 Å². The van der Waals surface area contributed by atoms with Gasteiger partial charge >= 0.3 is 6.09 Å². The maximum absolute atomic E-state index is 10.7. The zero-order valence-corrected chi connectivity index (χ0v) is 15.7. The molecule has 7 nitrogen and oxygen atoms in total. The van der Waals surface area contributed by atoms with E-state index in [4.69, 9.17) is 9.52 Å². The molecular formula is C23H16N4O3. The molecule has 3 aromatic carbocycles. The van der Waals surface area contributed by atoms with Crippen LogP contribution in [0.1, 0.15) is 0 Å². The molecule has 1 amide bonds. The second kappa shape index (κ2) is 7.21. The molecule has 0 saturated heterocycles. The first-order chi connectivity index (χ1) is 14.7. The fraction of sp³-hybridized carbons (Fsp3) is 0. The first-order valence-electron chi connectivity index (χ1n) is 9.27. The summed E-state index contributed by atoms with van der Waals surface area (Å²) in [7, 11) is 0. The molecule has 0 bridgehead atoms. The Morgan fingerprint density at radius 1 is 0.867 bits per heavy atom. The summed E-state index contributed by atoms with van der Waals surface area (Å²) in [6.07, 6.45) is 0.399. The highest BCUT2D eigenvalue weighted by Crippen LogP contribution is 2.35. The monoisotopic (exact) mass is 396 g/mol. The fourth-order valence-corrected chi connectivity index (χ4v) is 3.43. The van der Waals surface area contributed by atoms with E-state index < -0.39 is 6.09 Å². The molecule has 146 valence electrons. The smallest absolute Gasteiger partial charge is 0.409 e. The summed E-state index contributed by atoms with van der Waals surface area (Å²) in [5, 5.41) is 16.4. The standard InChI is InChI=1S/C23H16N4O3/c28-23(29)27-15-10-8-14(9-11-15)26-21-12-19(24-13-25-21)18-6-3-5-17-16-4-1-2-7-20(16)30-22(17)18/h1-13,27H,(H,28,29)(H,24,25,26). The molecule has 5 aromatic rings. The number of hydrogen-bond donors (Lipinski definition) is 3. The van der Waals surface area contributed by atoms with Gasteiger partial charge in [-0.15, -0.1) is 0 Å². The molecule has 7 heteroatoms. The minimum atomic E-state index is -1.10. The molecule has 30 heavy (non-hydrogen) atoms. The zero-order valence-electron chi connectivity index (χ0n) is 15.7. The molecule has 0 saturated carbocycles. The van der Waals surface area contributed by atoms with Crippen molar-refractivity contribution in [2.45, 2.75) is 0 Å². The highest BCUT2D eigenvalue weighted by molar-refractivity contribution is 6.09. The minimum Gasteiger partial charge on any atom is -0.465 e. The Labute approximate surface area is 171 Å². The molecule has 0 aliphatic carbocycles. The fourth-order valence-electron chi connectivity index (χ4n) is 3.43. The number of nitrogens with zero attached hydrogens (tertiary/aromatic N) is 2. The second-order valence-electron chi connectivity index (χ2n) is 6.70. The number of furan rings is 1. The molecule has 2 heterocycles. The molecule has 2 aromatic heterocycles. The average Bonchev–Trinajstić information content (AvgIpc) is 3.14. The van der Waals surface area contributed by atoms with Crippen LogP contribution < -0.4 is 10.6 Å². The molecule has 0 unspecified atom stereocenters. The summed E-state index contributed by atoms with van der Waals surface area (Å²) in [6, 6.07) is 22.7. The number of hydrogen-bond acceptors (Lipinski definition) is 5. The van der Waals surface area contributed by atoms with E-state index >= 15 is 0 Å². The predicted molar refractivity (Wildman–Crippen MR) is 116 cm³/mol. The van der Waals surface area contributed by atoms with Gasteiger partial charge in [0.2, 0.25) is 0 Å². The van der Waals surface area contributed by atoms with Gasteiger partial charge < -0.3 is 14.8 Å². The molecule has 0 aliphatic heterocycles. The van der Waals surface area contributed by atoms with E-state index in [1.807, 2.05) is 48.5 Å². The van der Waals surface area contributed by atoms with Crippen molar-refractivity contribution in [3.63, 3.8) is 0 Å². The van der Waals surface area contributed by atoms with Gasteiger partial charge in [-0.05, 0) is 36.4 Å². The van der Waals surface area contributed by atoms with E-state index in [9.17, 15) is 4.79 Å². The summed E-state index contributed by atoms with van der Waals surface area (Å²) >= 11 is 0. The Kier molecular flexibility index (Phi) is 4.25. The third-order valence-corrected chi connectivity index (χ3v) is 4.76. The van der Waals surface area contributed by atoms with Crippen LogP contribution in [-0.2, 0) is 0 Å². The molecular weight excluding hydrogens is 380 g/mol. The van der Waals surface area contributed by atoms with Crippen molar-refractivity contribution in [2.24, 2.45) is 0 Å².